The predicted molar refractivity (Wildman–Crippen MR) is 82.2 cm³/mol. The Balaban J connectivity index is 0.000000304. The molecule has 2 rings (SSSR count). The van der Waals surface area contributed by atoms with Crippen molar-refractivity contribution in [2.45, 2.75) is 28.2 Å². The fourth-order valence-electron chi connectivity index (χ4n) is 1.61. The zero-order valence-electron chi connectivity index (χ0n) is 13.2. The van der Waals surface area contributed by atoms with Crippen molar-refractivity contribution in [1.29, 1.82) is 0 Å². The molecule has 0 spiro atoms. The Bertz CT molecular complexity index is 1040. The predicted octanol–water partition coefficient (Wildman–Crippen LogP) is 4.38. The fourth-order valence-corrected chi connectivity index (χ4v) is 2.33. The number of hydrogen-bond donors (Lipinski definition) is 2. The van der Waals surface area contributed by atoms with Gasteiger partial charge in [-0.25, -0.2) is 4.79 Å². The summed E-state index contributed by atoms with van der Waals surface area (Å²) in [5.74, 6) is -14.7. The van der Waals surface area contributed by atoms with Gasteiger partial charge in [0.2, 0.25) is 0 Å². The van der Waals surface area contributed by atoms with E-state index in [1.54, 1.807) is 18.2 Å². The molecule has 0 bridgehead atoms. The maximum absolute atomic E-state index is 12.2. The Hall–Kier alpha value is -1.94. The van der Waals surface area contributed by atoms with Crippen LogP contribution >= 0.6 is 12.6 Å². The lowest BCUT2D eigenvalue weighted by Crippen LogP contribution is -2.63. The molecule has 0 aliphatic rings. The van der Waals surface area contributed by atoms with Crippen LogP contribution in [0.5, 0.6) is 0 Å². The Labute approximate surface area is 160 Å². The molecule has 1 N–H and O–H groups in total. The van der Waals surface area contributed by atoms with E-state index in [0.29, 0.717) is 5.58 Å². The van der Waals surface area contributed by atoms with Gasteiger partial charge in [0.1, 0.15) is 5.58 Å². The molecular weight excluding hydrogens is 471 g/mol. The van der Waals surface area contributed by atoms with Crippen LogP contribution in [0.1, 0.15) is 0 Å². The smallest absolute Gasteiger partial charge is 0.423 e. The van der Waals surface area contributed by atoms with Gasteiger partial charge in [0.15, 0.2) is 0 Å². The second-order valence-corrected chi connectivity index (χ2v) is 7.03. The number of fused-ring (bicyclic) bond motifs is 1. The van der Waals surface area contributed by atoms with Crippen LogP contribution in [-0.4, -0.2) is 36.2 Å². The molecule has 1 heterocycles. The molecule has 0 unspecified atom stereocenters. The molecular formula is C13H7F9O5S2. The summed E-state index contributed by atoms with van der Waals surface area (Å²) in [6, 6.07) is 8.50. The van der Waals surface area contributed by atoms with Gasteiger partial charge in [-0.3, -0.25) is 4.55 Å². The molecule has 0 aliphatic heterocycles. The topological polar surface area (TPSA) is 84.6 Å². The molecule has 16 heteroatoms. The number of benzene rings is 1. The SMILES string of the molecule is O=S(=O)(O)C(F)(F)C(F)(F)C(F)(F)C(F)(F)F.O=c1ccc2c(S)cccc2o1. The van der Waals surface area contributed by atoms with E-state index in [9.17, 15) is 52.7 Å². The Morgan fingerprint density at radius 3 is 1.83 bits per heavy atom. The zero-order valence-corrected chi connectivity index (χ0v) is 14.9. The number of hydrogen-bond acceptors (Lipinski definition) is 5. The van der Waals surface area contributed by atoms with Crippen LogP contribution in [0.2, 0.25) is 0 Å². The van der Waals surface area contributed by atoms with Crippen molar-refractivity contribution in [3.8, 4) is 0 Å². The minimum atomic E-state index is -7.37. The van der Waals surface area contributed by atoms with Crippen molar-refractivity contribution in [2.75, 3.05) is 0 Å². The minimum Gasteiger partial charge on any atom is -0.423 e. The van der Waals surface area contributed by atoms with Crippen LogP contribution in [0, 0.1) is 0 Å². The molecule has 0 aliphatic carbocycles. The zero-order chi connectivity index (χ0) is 23.1. The van der Waals surface area contributed by atoms with E-state index < -0.39 is 33.4 Å². The van der Waals surface area contributed by atoms with Crippen LogP contribution in [0.25, 0.3) is 11.0 Å². The maximum Gasteiger partial charge on any atom is 0.460 e. The first-order valence-electron chi connectivity index (χ1n) is 6.66. The monoisotopic (exact) mass is 478 g/mol. The fraction of sp³-hybridized carbons (Fsp3) is 0.308. The van der Waals surface area contributed by atoms with Crippen LogP contribution in [0.3, 0.4) is 0 Å². The van der Waals surface area contributed by atoms with Crippen LogP contribution < -0.4 is 5.63 Å². The van der Waals surface area contributed by atoms with Gasteiger partial charge in [0, 0.05) is 16.3 Å². The third kappa shape index (κ3) is 4.63. The summed E-state index contributed by atoms with van der Waals surface area (Å²) in [6.07, 6.45) is -7.13. The molecule has 1 aromatic heterocycles. The first kappa shape index (κ1) is 25.1. The summed E-state index contributed by atoms with van der Waals surface area (Å²) in [6.45, 7) is 0. The minimum absolute atomic E-state index is 0.332. The van der Waals surface area contributed by atoms with Crippen LogP contribution in [-0.2, 0) is 10.1 Å². The molecule has 164 valence electrons. The van der Waals surface area contributed by atoms with Gasteiger partial charge in [0.25, 0.3) is 0 Å². The van der Waals surface area contributed by atoms with E-state index in [-0.39, 0.29) is 5.63 Å². The highest BCUT2D eigenvalue weighted by atomic mass is 32.2. The molecule has 0 saturated heterocycles. The molecule has 0 radical (unpaired) electrons. The van der Waals surface area contributed by atoms with Crippen molar-refractivity contribution in [3.63, 3.8) is 0 Å². The van der Waals surface area contributed by atoms with Crippen molar-refractivity contribution in [3.05, 3.63) is 40.8 Å². The first-order valence-corrected chi connectivity index (χ1v) is 8.55. The van der Waals surface area contributed by atoms with Gasteiger partial charge in [-0.05, 0) is 18.2 Å². The quantitative estimate of drug-likeness (QED) is 0.296. The first-order chi connectivity index (χ1) is 12.8. The highest BCUT2D eigenvalue weighted by Crippen LogP contribution is 2.54. The number of rotatable bonds is 3. The lowest BCUT2D eigenvalue weighted by atomic mass is 10.1. The summed E-state index contributed by atoms with van der Waals surface area (Å²) < 4.78 is 139. The molecule has 29 heavy (non-hydrogen) atoms. The summed E-state index contributed by atoms with van der Waals surface area (Å²) >= 11 is 4.22. The Morgan fingerprint density at radius 1 is 0.862 bits per heavy atom. The summed E-state index contributed by atoms with van der Waals surface area (Å²) in [5, 5.41) is -6.14. The maximum atomic E-state index is 12.2. The van der Waals surface area contributed by atoms with Crippen molar-refractivity contribution < 1.29 is 56.9 Å². The summed E-state index contributed by atoms with van der Waals surface area (Å²) in [4.78, 5) is 11.6. The van der Waals surface area contributed by atoms with Gasteiger partial charge in [-0.15, -0.1) is 12.6 Å². The van der Waals surface area contributed by atoms with Crippen LogP contribution in [0.4, 0.5) is 39.5 Å². The molecule has 0 atom stereocenters. The summed E-state index contributed by atoms with van der Waals surface area (Å²) in [5.41, 5.74) is 0.247. The highest BCUT2D eigenvalue weighted by molar-refractivity contribution is 7.87. The third-order valence-corrected chi connectivity index (χ3v) is 4.37. The molecule has 0 amide bonds. The molecule has 5 nitrogen and oxygen atoms in total. The molecule has 2 aromatic rings. The number of alkyl halides is 9. The normalized spacial score (nSPS) is 13.8. The van der Waals surface area contributed by atoms with E-state index in [1.807, 2.05) is 6.07 Å². The average molecular weight is 478 g/mol. The van der Waals surface area contributed by atoms with Gasteiger partial charge in [-0.2, -0.15) is 47.9 Å². The van der Waals surface area contributed by atoms with Crippen molar-refractivity contribution >= 4 is 33.7 Å². The van der Waals surface area contributed by atoms with Crippen molar-refractivity contribution in [2.24, 2.45) is 0 Å². The highest BCUT2D eigenvalue weighted by Gasteiger charge is 2.85. The standard InChI is InChI=1S/C9H6O2S.C4HF9O3S/c10-9-5-4-6-7(11-9)2-1-3-8(6)12;5-1(6,3(9,10)11)2(7,8)4(12,13)17(14,15)16/h1-5,12H;(H,14,15,16). The summed E-state index contributed by atoms with van der Waals surface area (Å²) in [7, 11) is -7.17. The van der Waals surface area contributed by atoms with E-state index in [0.717, 1.165) is 10.3 Å². The van der Waals surface area contributed by atoms with E-state index in [2.05, 4.69) is 12.6 Å². The Kier molecular flexibility index (Phi) is 6.68. The third-order valence-electron chi connectivity index (χ3n) is 3.08. The second kappa shape index (κ2) is 7.71. The lowest BCUT2D eigenvalue weighted by Gasteiger charge is -2.31. The van der Waals surface area contributed by atoms with Gasteiger partial charge in [0.05, 0.1) is 0 Å². The van der Waals surface area contributed by atoms with Gasteiger partial charge in [-0.1, -0.05) is 6.07 Å². The average Bonchev–Trinajstić information content (AvgIpc) is 2.53. The van der Waals surface area contributed by atoms with E-state index >= 15 is 0 Å². The largest absolute Gasteiger partial charge is 0.460 e. The van der Waals surface area contributed by atoms with Crippen LogP contribution in [0.15, 0.2) is 44.4 Å². The van der Waals surface area contributed by atoms with E-state index in [4.69, 9.17) is 8.97 Å². The van der Waals surface area contributed by atoms with Crippen molar-refractivity contribution in [1.82, 2.24) is 0 Å². The van der Waals surface area contributed by atoms with Gasteiger partial charge < -0.3 is 4.42 Å². The Morgan fingerprint density at radius 2 is 1.38 bits per heavy atom. The lowest BCUT2D eigenvalue weighted by molar-refractivity contribution is -0.382. The molecule has 0 fully saturated rings. The second-order valence-electron chi connectivity index (χ2n) is 5.08. The number of halogens is 9. The molecule has 0 saturated carbocycles. The number of thiol groups is 1. The van der Waals surface area contributed by atoms with Gasteiger partial charge >= 0.3 is 39.0 Å². The molecule has 1 aromatic carbocycles. The van der Waals surface area contributed by atoms with E-state index in [1.165, 1.54) is 6.07 Å².